The van der Waals surface area contributed by atoms with Gasteiger partial charge in [0, 0.05) is 18.0 Å². The summed E-state index contributed by atoms with van der Waals surface area (Å²) in [7, 11) is 0. The summed E-state index contributed by atoms with van der Waals surface area (Å²) in [6.07, 6.45) is 5.04. The number of carbonyl (C=O) groups is 1. The van der Waals surface area contributed by atoms with E-state index in [1.807, 2.05) is 30.3 Å². The second-order valence-corrected chi connectivity index (χ2v) is 4.12. The summed E-state index contributed by atoms with van der Waals surface area (Å²) < 4.78 is 5.50. The molecule has 1 amide bonds. The SMILES string of the molecule is O=C(NC1=CCOc2ccccc21)c1cccnc1. The van der Waals surface area contributed by atoms with E-state index in [-0.39, 0.29) is 5.91 Å². The molecule has 4 nitrogen and oxygen atoms in total. The van der Waals surface area contributed by atoms with E-state index in [0.717, 1.165) is 17.0 Å². The highest BCUT2D eigenvalue weighted by atomic mass is 16.5. The number of benzene rings is 1. The van der Waals surface area contributed by atoms with Crippen molar-refractivity contribution in [2.45, 2.75) is 0 Å². The Balaban J connectivity index is 1.85. The van der Waals surface area contributed by atoms with E-state index in [4.69, 9.17) is 4.74 Å². The molecular formula is C15H12N2O2. The molecular weight excluding hydrogens is 240 g/mol. The van der Waals surface area contributed by atoms with Crippen LogP contribution in [0.15, 0.2) is 54.9 Å². The summed E-state index contributed by atoms with van der Waals surface area (Å²) in [5.41, 5.74) is 2.20. The molecule has 3 rings (SSSR count). The molecule has 0 spiro atoms. The van der Waals surface area contributed by atoms with Crippen molar-refractivity contribution in [1.29, 1.82) is 0 Å². The number of hydrogen-bond donors (Lipinski definition) is 1. The van der Waals surface area contributed by atoms with Gasteiger partial charge >= 0.3 is 0 Å². The monoisotopic (exact) mass is 252 g/mol. The fourth-order valence-corrected chi connectivity index (χ4v) is 1.95. The molecule has 0 unspecified atom stereocenters. The minimum Gasteiger partial charge on any atom is -0.489 e. The van der Waals surface area contributed by atoms with Crippen LogP contribution in [0.3, 0.4) is 0 Å². The van der Waals surface area contributed by atoms with Crippen molar-refractivity contribution in [3.8, 4) is 5.75 Å². The number of para-hydroxylation sites is 1. The predicted molar refractivity (Wildman–Crippen MR) is 71.6 cm³/mol. The lowest BCUT2D eigenvalue weighted by atomic mass is 10.1. The number of rotatable bonds is 2. The molecule has 0 saturated heterocycles. The van der Waals surface area contributed by atoms with Crippen molar-refractivity contribution < 1.29 is 9.53 Å². The predicted octanol–water partition coefficient (Wildman–Crippen LogP) is 2.24. The molecule has 0 radical (unpaired) electrons. The Hall–Kier alpha value is -2.62. The lowest BCUT2D eigenvalue weighted by Crippen LogP contribution is -2.24. The maximum absolute atomic E-state index is 12.1. The Bertz CT molecular complexity index is 636. The third kappa shape index (κ3) is 2.33. The molecule has 0 saturated carbocycles. The van der Waals surface area contributed by atoms with Gasteiger partial charge in [-0.3, -0.25) is 9.78 Å². The normalized spacial score (nSPS) is 12.9. The third-order valence-corrected chi connectivity index (χ3v) is 2.88. The van der Waals surface area contributed by atoms with Gasteiger partial charge in [0.25, 0.3) is 5.91 Å². The number of ether oxygens (including phenoxy) is 1. The number of hydrogen-bond acceptors (Lipinski definition) is 3. The van der Waals surface area contributed by atoms with E-state index in [9.17, 15) is 4.79 Å². The minimum atomic E-state index is -0.170. The number of aromatic nitrogens is 1. The average Bonchev–Trinajstić information content (AvgIpc) is 2.48. The fraction of sp³-hybridized carbons (Fsp3) is 0.0667. The number of carbonyl (C=O) groups excluding carboxylic acids is 1. The first kappa shape index (κ1) is 11.5. The van der Waals surface area contributed by atoms with Crippen LogP contribution in [0, 0.1) is 0 Å². The Kier molecular flexibility index (Phi) is 2.98. The Morgan fingerprint density at radius 3 is 2.95 bits per heavy atom. The fourth-order valence-electron chi connectivity index (χ4n) is 1.95. The third-order valence-electron chi connectivity index (χ3n) is 2.88. The highest BCUT2D eigenvalue weighted by molar-refractivity contribution is 5.99. The van der Waals surface area contributed by atoms with Crippen molar-refractivity contribution in [3.05, 3.63) is 66.0 Å². The van der Waals surface area contributed by atoms with Gasteiger partial charge in [-0.15, -0.1) is 0 Å². The van der Waals surface area contributed by atoms with Crippen molar-refractivity contribution in [3.63, 3.8) is 0 Å². The number of amides is 1. The Morgan fingerprint density at radius 1 is 1.21 bits per heavy atom. The van der Waals surface area contributed by atoms with Crippen LogP contribution in [0.4, 0.5) is 0 Å². The topological polar surface area (TPSA) is 51.2 Å². The zero-order chi connectivity index (χ0) is 13.1. The lowest BCUT2D eigenvalue weighted by Gasteiger charge is -2.19. The first-order valence-corrected chi connectivity index (χ1v) is 5.98. The van der Waals surface area contributed by atoms with Gasteiger partial charge in [-0.25, -0.2) is 0 Å². The van der Waals surface area contributed by atoms with Gasteiger partial charge in [-0.1, -0.05) is 12.1 Å². The second kappa shape index (κ2) is 4.94. The average molecular weight is 252 g/mol. The van der Waals surface area contributed by atoms with Crippen LogP contribution >= 0.6 is 0 Å². The van der Waals surface area contributed by atoms with E-state index in [1.165, 1.54) is 0 Å². The summed E-state index contributed by atoms with van der Waals surface area (Å²) in [5.74, 6) is 0.613. The van der Waals surface area contributed by atoms with Gasteiger partial charge in [-0.2, -0.15) is 0 Å². The highest BCUT2D eigenvalue weighted by Crippen LogP contribution is 2.27. The number of pyridine rings is 1. The molecule has 1 aliphatic rings. The van der Waals surface area contributed by atoms with Crippen molar-refractivity contribution in [2.75, 3.05) is 6.61 Å². The zero-order valence-corrected chi connectivity index (χ0v) is 10.2. The van der Waals surface area contributed by atoms with Gasteiger partial charge in [0.05, 0.1) is 11.3 Å². The standard InChI is InChI=1S/C15H12N2O2/c18-15(11-4-3-8-16-10-11)17-13-7-9-19-14-6-2-1-5-12(13)14/h1-8,10H,9H2,(H,17,18). The van der Waals surface area contributed by atoms with Crippen LogP contribution in [0.2, 0.25) is 0 Å². The van der Waals surface area contributed by atoms with Crippen LogP contribution in [-0.2, 0) is 0 Å². The largest absolute Gasteiger partial charge is 0.489 e. The molecule has 0 aliphatic carbocycles. The van der Waals surface area contributed by atoms with Crippen LogP contribution in [0.5, 0.6) is 5.75 Å². The molecule has 94 valence electrons. The molecule has 0 bridgehead atoms. The van der Waals surface area contributed by atoms with Gasteiger partial charge in [0.2, 0.25) is 0 Å². The van der Waals surface area contributed by atoms with Crippen LogP contribution in [0.1, 0.15) is 15.9 Å². The number of nitrogens with zero attached hydrogens (tertiary/aromatic N) is 1. The van der Waals surface area contributed by atoms with E-state index in [2.05, 4.69) is 10.3 Å². The molecule has 0 fully saturated rings. The van der Waals surface area contributed by atoms with Crippen molar-refractivity contribution in [1.82, 2.24) is 10.3 Å². The smallest absolute Gasteiger partial charge is 0.257 e. The van der Waals surface area contributed by atoms with Crippen LogP contribution in [0.25, 0.3) is 5.70 Å². The zero-order valence-electron chi connectivity index (χ0n) is 10.2. The molecule has 1 aliphatic heterocycles. The lowest BCUT2D eigenvalue weighted by molar-refractivity contribution is 0.0973. The van der Waals surface area contributed by atoms with Crippen molar-refractivity contribution >= 4 is 11.6 Å². The van der Waals surface area contributed by atoms with Gasteiger partial charge in [0.15, 0.2) is 0 Å². The van der Waals surface area contributed by atoms with Gasteiger partial charge in [-0.05, 0) is 30.3 Å². The first-order valence-electron chi connectivity index (χ1n) is 5.98. The van der Waals surface area contributed by atoms with E-state index < -0.39 is 0 Å². The quantitative estimate of drug-likeness (QED) is 0.891. The van der Waals surface area contributed by atoms with Crippen LogP contribution < -0.4 is 10.1 Å². The van der Waals surface area contributed by atoms with Crippen molar-refractivity contribution in [2.24, 2.45) is 0 Å². The summed E-state index contributed by atoms with van der Waals surface area (Å²) in [4.78, 5) is 16.0. The summed E-state index contributed by atoms with van der Waals surface area (Å²) in [6.45, 7) is 0.458. The van der Waals surface area contributed by atoms with Gasteiger partial charge < -0.3 is 10.1 Å². The number of fused-ring (bicyclic) bond motifs is 1. The molecule has 2 heterocycles. The Morgan fingerprint density at radius 2 is 2.11 bits per heavy atom. The Labute approximate surface area is 110 Å². The van der Waals surface area contributed by atoms with Crippen LogP contribution in [-0.4, -0.2) is 17.5 Å². The van der Waals surface area contributed by atoms with E-state index in [0.29, 0.717) is 12.2 Å². The summed E-state index contributed by atoms with van der Waals surface area (Å²) in [6, 6.07) is 11.1. The molecule has 1 N–H and O–H groups in total. The van der Waals surface area contributed by atoms with Gasteiger partial charge in [0.1, 0.15) is 12.4 Å². The van der Waals surface area contributed by atoms with E-state index in [1.54, 1.807) is 24.5 Å². The number of nitrogens with one attached hydrogen (secondary N) is 1. The highest BCUT2D eigenvalue weighted by Gasteiger charge is 2.15. The molecule has 2 aromatic rings. The molecule has 4 heteroatoms. The second-order valence-electron chi connectivity index (χ2n) is 4.12. The molecule has 1 aromatic heterocycles. The summed E-state index contributed by atoms with van der Waals surface area (Å²) in [5, 5.41) is 2.89. The molecule has 19 heavy (non-hydrogen) atoms. The van der Waals surface area contributed by atoms with E-state index >= 15 is 0 Å². The molecule has 0 atom stereocenters. The molecule has 1 aromatic carbocycles. The maximum atomic E-state index is 12.1. The summed E-state index contributed by atoms with van der Waals surface area (Å²) >= 11 is 0. The first-order chi connectivity index (χ1) is 9.34. The minimum absolute atomic E-state index is 0.170. The maximum Gasteiger partial charge on any atom is 0.257 e.